The number of nitrogens with one attached hydrogen (secondary N) is 2. The Bertz CT molecular complexity index is 796. The molecule has 0 aliphatic heterocycles. The summed E-state index contributed by atoms with van der Waals surface area (Å²) in [6.07, 6.45) is 1.58. The van der Waals surface area contributed by atoms with Gasteiger partial charge in [-0.2, -0.15) is 0 Å². The second-order valence-corrected chi connectivity index (χ2v) is 5.14. The standard InChI is InChI=1S/C16H12ClFN2O/c17-11-3-1-10(2-4-11)8-20-16(21)14-9-19-15-6-5-12(18)7-13(14)15/h1-7,9,19H,8H2,(H,20,21). The number of halogens is 2. The van der Waals surface area contributed by atoms with Gasteiger partial charge in [-0.25, -0.2) is 4.39 Å². The van der Waals surface area contributed by atoms with E-state index < -0.39 is 0 Å². The monoisotopic (exact) mass is 302 g/mol. The first kappa shape index (κ1) is 13.6. The molecule has 0 unspecified atom stereocenters. The summed E-state index contributed by atoms with van der Waals surface area (Å²) in [4.78, 5) is 15.1. The average molecular weight is 303 g/mol. The lowest BCUT2D eigenvalue weighted by Gasteiger charge is -2.05. The van der Waals surface area contributed by atoms with Crippen molar-refractivity contribution in [3.63, 3.8) is 0 Å². The van der Waals surface area contributed by atoms with Gasteiger partial charge in [0.05, 0.1) is 5.56 Å². The molecule has 3 aromatic rings. The first-order chi connectivity index (χ1) is 10.1. The Morgan fingerprint density at radius 3 is 2.71 bits per heavy atom. The third kappa shape index (κ3) is 2.90. The van der Waals surface area contributed by atoms with Gasteiger partial charge in [0.15, 0.2) is 0 Å². The number of rotatable bonds is 3. The maximum atomic E-state index is 13.3. The van der Waals surface area contributed by atoms with E-state index in [1.807, 2.05) is 12.1 Å². The van der Waals surface area contributed by atoms with Crippen LogP contribution in [0, 0.1) is 5.82 Å². The highest BCUT2D eigenvalue weighted by molar-refractivity contribution is 6.30. The molecule has 0 bridgehead atoms. The normalized spacial score (nSPS) is 10.8. The highest BCUT2D eigenvalue weighted by atomic mass is 35.5. The van der Waals surface area contributed by atoms with Crippen LogP contribution < -0.4 is 5.32 Å². The molecule has 1 amide bonds. The molecule has 5 heteroatoms. The number of fused-ring (bicyclic) bond motifs is 1. The van der Waals surface area contributed by atoms with E-state index in [9.17, 15) is 9.18 Å². The van der Waals surface area contributed by atoms with Crippen LogP contribution in [-0.4, -0.2) is 10.9 Å². The van der Waals surface area contributed by atoms with E-state index in [4.69, 9.17) is 11.6 Å². The second-order valence-electron chi connectivity index (χ2n) is 4.70. The van der Waals surface area contributed by atoms with Crippen LogP contribution in [0.1, 0.15) is 15.9 Å². The van der Waals surface area contributed by atoms with Crippen molar-refractivity contribution in [2.75, 3.05) is 0 Å². The molecule has 0 aliphatic rings. The first-order valence-electron chi connectivity index (χ1n) is 6.43. The zero-order valence-corrected chi connectivity index (χ0v) is 11.7. The molecule has 21 heavy (non-hydrogen) atoms. The fraction of sp³-hybridized carbons (Fsp3) is 0.0625. The van der Waals surface area contributed by atoms with Gasteiger partial charge in [0.25, 0.3) is 5.91 Å². The molecule has 0 aliphatic carbocycles. The summed E-state index contributed by atoms with van der Waals surface area (Å²) in [6, 6.07) is 11.5. The lowest BCUT2D eigenvalue weighted by atomic mass is 10.1. The quantitative estimate of drug-likeness (QED) is 0.757. The van der Waals surface area contributed by atoms with Crippen LogP contribution in [0.2, 0.25) is 5.02 Å². The predicted octanol–water partition coefficient (Wildman–Crippen LogP) is 3.89. The molecule has 0 saturated heterocycles. The van der Waals surface area contributed by atoms with E-state index in [1.165, 1.54) is 12.1 Å². The van der Waals surface area contributed by atoms with Crippen LogP contribution in [-0.2, 0) is 6.54 Å². The van der Waals surface area contributed by atoms with Crippen molar-refractivity contribution in [2.24, 2.45) is 0 Å². The maximum Gasteiger partial charge on any atom is 0.253 e. The van der Waals surface area contributed by atoms with E-state index in [2.05, 4.69) is 10.3 Å². The molecule has 0 radical (unpaired) electrons. The van der Waals surface area contributed by atoms with Gasteiger partial charge in [-0.05, 0) is 35.9 Å². The average Bonchev–Trinajstić information content (AvgIpc) is 2.89. The van der Waals surface area contributed by atoms with Crippen molar-refractivity contribution in [1.29, 1.82) is 0 Å². The Balaban J connectivity index is 1.78. The highest BCUT2D eigenvalue weighted by Gasteiger charge is 2.12. The Morgan fingerprint density at radius 2 is 1.95 bits per heavy atom. The first-order valence-corrected chi connectivity index (χ1v) is 6.80. The number of carbonyl (C=O) groups excluding carboxylic acids is 1. The highest BCUT2D eigenvalue weighted by Crippen LogP contribution is 2.19. The minimum Gasteiger partial charge on any atom is -0.360 e. The fourth-order valence-corrected chi connectivity index (χ4v) is 2.29. The van der Waals surface area contributed by atoms with Gasteiger partial charge in [0.2, 0.25) is 0 Å². The van der Waals surface area contributed by atoms with Crippen molar-refractivity contribution in [3.8, 4) is 0 Å². The van der Waals surface area contributed by atoms with E-state index in [0.717, 1.165) is 11.1 Å². The van der Waals surface area contributed by atoms with Crippen LogP contribution in [0.5, 0.6) is 0 Å². The summed E-state index contributed by atoms with van der Waals surface area (Å²) >= 11 is 5.81. The fourth-order valence-electron chi connectivity index (χ4n) is 2.16. The number of carbonyl (C=O) groups is 1. The molecule has 2 N–H and O–H groups in total. The summed E-state index contributed by atoms with van der Waals surface area (Å²) < 4.78 is 13.3. The third-order valence-electron chi connectivity index (χ3n) is 3.25. The Labute approximate surface area is 125 Å². The Hall–Kier alpha value is -2.33. The van der Waals surface area contributed by atoms with Crippen LogP contribution in [0.15, 0.2) is 48.7 Å². The van der Waals surface area contributed by atoms with Crippen molar-refractivity contribution in [1.82, 2.24) is 10.3 Å². The molecule has 0 saturated carbocycles. The van der Waals surface area contributed by atoms with E-state index in [0.29, 0.717) is 22.5 Å². The van der Waals surface area contributed by atoms with Gasteiger partial charge in [-0.3, -0.25) is 4.79 Å². The van der Waals surface area contributed by atoms with Crippen molar-refractivity contribution < 1.29 is 9.18 Å². The van der Waals surface area contributed by atoms with Gasteiger partial charge >= 0.3 is 0 Å². The molecular formula is C16H12ClFN2O. The predicted molar refractivity (Wildman–Crippen MR) is 80.9 cm³/mol. The van der Waals surface area contributed by atoms with Crippen LogP contribution >= 0.6 is 11.6 Å². The minimum absolute atomic E-state index is 0.248. The SMILES string of the molecule is O=C(NCc1ccc(Cl)cc1)c1c[nH]c2ccc(F)cc12. The van der Waals surface area contributed by atoms with Gasteiger partial charge in [0, 0.05) is 28.7 Å². The van der Waals surface area contributed by atoms with Crippen LogP contribution in [0.25, 0.3) is 10.9 Å². The van der Waals surface area contributed by atoms with Crippen LogP contribution in [0.4, 0.5) is 4.39 Å². The number of hydrogen-bond acceptors (Lipinski definition) is 1. The van der Waals surface area contributed by atoms with Gasteiger partial charge in [0.1, 0.15) is 5.82 Å². The van der Waals surface area contributed by atoms with Gasteiger partial charge in [-0.15, -0.1) is 0 Å². The van der Waals surface area contributed by atoms with Crippen LogP contribution in [0.3, 0.4) is 0 Å². The summed E-state index contributed by atoms with van der Waals surface area (Å²) in [5, 5.41) is 4.03. The minimum atomic E-state index is -0.367. The van der Waals surface area contributed by atoms with E-state index >= 15 is 0 Å². The van der Waals surface area contributed by atoms with Gasteiger partial charge in [-0.1, -0.05) is 23.7 Å². The van der Waals surface area contributed by atoms with E-state index in [-0.39, 0.29) is 11.7 Å². The molecule has 0 atom stereocenters. The molecule has 1 aromatic heterocycles. The third-order valence-corrected chi connectivity index (χ3v) is 3.51. The summed E-state index contributed by atoms with van der Waals surface area (Å²) in [6.45, 7) is 0.387. The molecule has 3 nitrogen and oxygen atoms in total. The summed E-state index contributed by atoms with van der Waals surface area (Å²) in [5.41, 5.74) is 2.10. The van der Waals surface area contributed by atoms with Crippen molar-refractivity contribution in [3.05, 3.63) is 70.6 Å². The molecule has 106 valence electrons. The molecule has 2 aromatic carbocycles. The molecule has 3 rings (SSSR count). The lowest BCUT2D eigenvalue weighted by Crippen LogP contribution is -2.22. The molecule has 0 spiro atoms. The second kappa shape index (κ2) is 5.58. The zero-order chi connectivity index (χ0) is 14.8. The van der Waals surface area contributed by atoms with Gasteiger partial charge < -0.3 is 10.3 Å². The largest absolute Gasteiger partial charge is 0.360 e. The van der Waals surface area contributed by atoms with Crippen molar-refractivity contribution >= 4 is 28.4 Å². The van der Waals surface area contributed by atoms with E-state index in [1.54, 1.807) is 24.4 Å². The summed E-state index contributed by atoms with van der Waals surface area (Å²) in [5.74, 6) is -0.615. The number of H-pyrrole nitrogens is 1. The number of aromatic nitrogens is 1. The summed E-state index contributed by atoms with van der Waals surface area (Å²) in [7, 11) is 0. The zero-order valence-electron chi connectivity index (χ0n) is 11.0. The van der Waals surface area contributed by atoms with Crippen molar-refractivity contribution in [2.45, 2.75) is 6.54 Å². The number of aromatic amines is 1. The lowest BCUT2D eigenvalue weighted by molar-refractivity contribution is 0.0952. The maximum absolute atomic E-state index is 13.3. The number of amides is 1. The molecule has 1 heterocycles. The molecular weight excluding hydrogens is 291 g/mol. The number of hydrogen-bond donors (Lipinski definition) is 2. The Kier molecular flexibility index (Phi) is 3.62. The Morgan fingerprint density at radius 1 is 1.19 bits per heavy atom. The topological polar surface area (TPSA) is 44.9 Å². The molecule has 0 fully saturated rings. The smallest absolute Gasteiger partial charge is 0.253 e. The number of benzene rings is 2.